The van der Waals surface area contributed by atoms with Crippen molar-refractivity contribution in [1.82, 2.24) is 9.88 Å². The monoisotopic (exact) mass is 319 g/mol. The second-order valence-corrected chi connectivity index (χ2v) is 6.33. The predicted molar refractivity (Wildman–Crippen MR) is 89.3 cm³/mol. The van der Waals surface area contributed by atoms with Crippen LogP contribution in [0.25, 0.3) is 0 Å². The smallest absolute Gasteiger partial charge is 0.237 e. The second-order valence-electron chi connectivity index (χ2n) is 4.80. The predicted octanol–water partition coefficient (Wildman–Crippen LogP) is 2.48. The third-order valence-electron chi connectivity index (χ3n) is 3.11. The van der Waals surface area contributed by atoms with Gasteiger partial charge in [0.25, 0.3) is 0 Å². The molecule has 1 heterocycles. The van der Waals surface area contributed by atoms with Gasteiger partial charge in [-0.15, -0.1) is 11.3 Å². The molecule has 0 aliphatic rings. The van der Waals surface area contributed by atoms with E-state index < -0.39 is 5.92 Å². The van der Waals surface area contributed by atoms with Crippen LogP contribution >= 0.6 is 23.6 Å². The van der Waals surface area contributed by atoms with Gasteiger partial charge in [-0.1, -0.05) is 42.5 Å². The molecule has 2 rings (SSSR count). The van der Waals surface area contributed by atoms with Gasteiger partial charge >= 0.3 is 0 Å². The number of carbonyl (C=O) groups excluding carboxylic acids is 1. The number of aromatic nitrogens is 1. The number of thiazole rings is 1. The number of amides is 1. The van der Waals surface area contributed by atoms with Crippen LogP contribution in [0.3, 0.4) is 0 Å². The Balaban J connectivity index is 2.17. The van der Waals surface area contributed by atoms with Gasteiger partial charge in [-0.2, -0.15) is 0 Å². The van der Waals surface area contributed by atoms with Gasteiger partial charge in [-0.3, -0.25) is 4.79 Å². The second kappa shape index (κ2) is 6.78. The summed E-state index contributed by atoms with van der Waals surface area (Å²) in [5.41, 5.74) is 7.47. The van der Waals surface area contributed by atoms with Gasteiger partial charge in [0.05, 0.1) is 22.2 Å². The van der Waals surface area contributed by atoms with Crippen molar-refractivity contribution in [3.8, 4) is 0 Å². The summed E-state index contributed by atoms with van der Waals surface area (Å²) in [4.78, 5) is 18.8. The number of rotatable bonds is 5. The Bertz CT molecular complexity index is 639. The first-order valence-electron chi connectivity index (χ1n) is 6.49. The number of nitrogens with two attached hydrogens (primary N) is 1. The number of aryl methyl sites for hydroxylation is 1. The lowest BCUT2D eigenvalue weighted by Crippen LogP contribution is -2.37. The minimum atomic E-state index is -0.592. The first-order valence-corrected chi connectivity index (χ1v) is 7.78. The maximum absolute atomic E-state index is 12.6. The third-order valence-corrected chi connectivity index (χ3v) is 4.16. The standard InChI is InChI=1S/C15H17N3OS2/c1-10-17-12(9-21-10)8-18(2)15(19)13(14(16)20)11-6-4-3-5-7-11/h3-7,9,13H,8H2,1-2H3,(H2,16,20). The van der Waals surface area contributed by atoms with Crippen LogP contribution in [-0.4, -0.2) is 27.8 Å². The summed E-state index contributed by atoms with van der Waals surface area (Å²) in [7, 11) is 1.74. The van der Waals surface area contributed by atoms with Crippen LogP contribution in [0, 0.1) is 6.92 Å². The van der Waals surface area contributed by atoms with E-state index in [1.54, 1.807) is 23.3 Å². The lowest BCUT2D eigenvalue weighted by Gasteiger charge is -2.22. The number of hydrogen-bond donors (Lipinski definition) is 1. The Kier molecular flexibility index (Phi) is 5.03. The first kappa shape index (κ1) is 15.6. The van der Waals surface area contributed by atoms with E-state index in [0.717, 1.165) is 16.3 Å². The average molecular weight is 319 g/mol. The molecular weight excluding hydrogens is 302 g/mol. The van der Waals surface area contributed by atoms with Gasteiger partial charge in [-0.25, -0.2) is 4.98 Å². The van der Waals surface area contributed by atoms with E-state index in [1.807, 2.05) is 42.6 Å². The molecule has 1 aromatic heterocycles. The SMILES string of the molecule is Cc1nc(CN(C)C(=O)C(C(N)=S)c2ccccc2)cs1. The maximum atomic E-state index is 12.6. The lowest BCUT2D eigenvalue weighted by atomic mass is 9.97. The quantitative estimate of drug-likeness (QED) is 0.860. The van der Waals surface area contributed by atoms with Crippen molar-refractivity contribution >= 4 is 34.5 Å². The Morgan fingerprint density at radius 3 is 2.62 bits per heavy atom. The summed E-state index contributed by atoms with van der Waals surface area (Å²) in [6.07, 6.45) is 0. The number of likely N-dealkylation sites (N-methyl/N-ethyl adjacent to an activating group) is 1. The van der Waals surface area contributed by atoms with Crippen LogP contribution < -0.4 is 5.73 Å². The highest BCUT2D eigenvalue weighted by atomic mass is 32.1. The number of hydrogen-bond acceptors (Lipinski definition) is 4. The van der Waals surface area contributed by atoms with Crippen molar-refractivity contribution in [2.45, 2.75) is 19.4 Å². The Hall–Kier alpha value is -1.79. The van der Waals surface area contributed by atoms with Crippen molar-refractivity contribution in [2.24, 2.45) is 5.73 Å². The van der Waals surface area contributed by atoms with Crippen LogP contribution in [0.5, 0.6) is 0 Å². The van der Waals surface area contributed by atoms with Crippen LogP contribution in [0.15, 0.2) is 35.7 Å². The molecule has 1 atom stereocenters. The van der Waals surface area contributed by atoms with Gasteiger partial charge in [0.2, 0.25) is 5.91 Å². The fraction of sp³-hybridized carbons (Fsp3) is 0.267. The van der Waals surface area contributed by atoms with Gasteiger partial charge in [0.1, 0.15) is 5.92 Å². The molecule has 0 aliphatic carbocycles. The normalized spacial score (nSPS) is 11.9. The summed E-state index contributed by atoms with van der Waals surface area (Å²) < 4.78 is 0. The molecule has 0 aliphatic heterocycles. The molecule has 110 valence electrons. The molecule has 0 fully saturated rings. The van der Waals surface area contributed by atoms with Crippen molar-refractivity contribution in [3.05, 3.63) is 52.0 Å². The van der Waals surface area contributed by atoms with Crippen LogP contribution in [-0.2, 0) is 11.3 Å². The Labute approximate surface area is 133 Å². The van der Waals surface area contributed by atoms with E-state index >= 15 is 0 Å². The molecule has 6 heteroatoms. The van der Waals surface area contributed by atoms with Gasteiger partial charge in [-0.05, 0) is 12.5 Å². The summed E-state index contributed by atoms with van der Waals surface area (Å²) >= 11 is 6.65. The molecule has 0 radical (unpaired) electrons. The molecule has 2 N–H and O–H groups in total. The molecule has 0 spiro atoms. The highest BCUT2D eigenvalue weighted by Gasteiger charge is 2.26. The maximum Gasteiger partial charge on any atom is 0.237 e. The molecule has 2 aromatic rings. The Morgan fingerprint density at radius 2 is 2.10 bits per heavy atom. The number of benzene rings is 1. The van der Waals surface area contributed by atoms with Gasteiger partial charge < -0.3 is 10.6 Å². The molecule has 4 nitrogen and oxygen atoms in total. The van der Waals surface area contributed by atoms with E-state index in [4.69, 9.17) is 18.0 Å². The van der Waals surface area contributed by atoms with Gasteiger partial charge in [0, 0.05) is 12.4 Å². The highest BCUT2D eigenvalue weighted by Crippen LogP contribution is 2.20. The largest absolute Gasteiger partial charge is 0.392 e. The molecule has 1 unspecified atom stereocenters. The first-order chi connectivity index (χ1) is 9.99. The third kappa shape index (κ3) is 3.86. The number of nitrogens with zero attached hydrogens (tertiary/aromatic N) is 2. The zero-order valence-electron chi connectivity index (χ0n) is 11.9. The van der Waals surface area contributed by atoms with Crippen molar-refractivity contribution < 1.29 is 4.79 Å². The number of thiocarbonyl (C=S) groups is 1. The van der Waals surface area contributed by atoms with Crippen LogP contribution in [0.4, 0.5) is 0 Å². The van der Waals surface area contributed by atoms with E-state index in [0.29, 0.717) is 6.54 Å². The van der Waals surface area contributed by atoms with Crippen molar-refractivity contribution in [1.29, 1.82) is 0 Å². The highest BCUT2D eigenvalue weighted by molar-refractivity contribution is 7.80. The minimum Gasteiger partial charge on any atom is -0.392 e. The summed E-state index contributed by atoms with van der Waals surface area (Å²) in [5.74, 6) is -0.703. The summed E-state index contributed by atoms with van der Waals surface area (Å²) in [5, 5.41) is 2.94. The fourth-order valence-electron chi connectivity index (χ4n) is 2.10. The molecule has 0 bridgehead atoms. The van der Waals surface area contributed by atoms with Crippen molar-refractivity contribution in [2.75, 3.05) is 7.05 Å². The zero-order valence-corrected chi connectivity index (χ0v) is 13.6. The lowest BCUT2D eigenvalue weighted by molar-refractivity contribution is -0.130. The van der Waals surface area contributed by atoms with E-state index in [-0.39, 0.29) is 10.9 Å². The van der Waals surface area contributed by atoms with Crippen LogP contribution in [0.2, 0.25) is 0 Å². The van der Waals surface area contributed by atoms with Gasteiger partial charge in [0.15, 0.2) is 0 Å². The molecule has 0 saturated carbocycles. The zero-order chi connectivity index (χ0) is 15.4. The van der Waals surface area contributed by atoms with E-state index in [2.05, 4.69) is 4.98 Å². The van der Waals surface area contributed by atoms with E-state index in [1.165, 1.54) is 0 Å². The van der Waals surface area contributed by atoms with E-state index in [9.17, 15) is 4.79 Å². The number of carbonyl (C=O) groups is 1. The van der Waals surface area contributed by atoms with Crippen molar-refractivity contribution in [3.63, 3.8) is 0 Å². The molecule has 1 amide bonds. The average Bonchev–Trinajstić information content (AvgIpc) is 2.85. The fourth-order valence-corrected chi connectivity index (χ4v) is 2.94. The summed E-state index contributed by atoms with van der Waals surface area (Å²) in [6, 6.07) is 9.37. The molecule has 1 aromatic carbocycles. The molecule has 0 saturated heterocycles. The topological polar surface area (TPSA) is 59.2 Å². The Morgan fingerprint density at radius 1 is 1.43 bits per heavy atom. The summed E-state index contributed by atoms with van der Waals surface area (Å²) in [6.45, 7) is 2.40. The van der Waals surface area contributed by atoms with Crippen LogP contribution in [0.1, 0.15) is 22.2 Å². The minimum absolute atomic E-state index is 0.112. The molecule has 21 heavy (non-hydrogen) atoms. The molecular formula is C15H17N3OS2.